The Bertz CT molecular complexity index is 685. The van der Waals surface area contributed by atoms with Crippen LogP contribution in [0.2, 0.25) is 5.02 Å². The minimum absolute atomic E-state index is 0.0982. The smallest absolute Gasteiger partial charge is 0.332 e. The highest BCUT2D eigenvalue weighted by Gasteiger charge is 2.23. The van der Waals surface area contributed by atoms with Gasteiger partial charge in [0.1, 0.15) is 6.20 Å². The number of nitrogens with zero attached hydrogens (tertiary/aromatic N) is 5. The molecule has 0 aliphatic heterocycles. The summed E-state index contributed by atoms with van der Waals surface area (Å²) in [6.07, 6.45) is 2.06. The zero-order valence-electron chi connectivity index (χ0n) is 11.9. The van der Waals surface area contributed by atoms with Crippen molar-refractivity contribution in [3.05, 3.63) is 32.7 Å². The summed E-state index contributed by atoms with van der Waals surface area (Å²) in [5, 5.41) is 18.8. The molecule has 0 atom stereocenters. The molecule has 112 valence electrons. The molecular formula is C12H15ClN6O2. The van der Waals surface area contributed by atoms with Gasteiger partial charge in [-0.3, -0.25) is 10.1 Å². The van der Waals surface area contributed by atoms with E-state index in [1.165, 1.54) is 10.9 Å². The van der Waals surface area contributed by atoms with Gasteiger partial charge in [0.2, 0.25) is 11.8 Å². The molecule has 0 spiro atoms. The van der Waals surface area contributed by atoms with E-state index in [9.17, 15) is 10.1 Å². The predicted octanol–water partition coefficient (Wildman–Crippen LogP) is 2.66. The van der Waals surface area contributed by atoms with E-state index in [1.54, 1.807) is 13.8 Å². The first kappa shape index (κ1) is 15.2. The first-order valence-electron chi connectivity index (χ1n) is 6.43. The molecule has 2 aromatic heterocycles. The van der Waals surface area contributed by atoms with Crippen molar-refractivity contribution in [1.29, 1.82) is 0 Å². The highest BCUT2D eigenvalue weighted by molar-refractivity contribution is 6.31. The average molecular weight is 311 g/mol. The largest absolute Gasteiger partial charge is 0.354 e. The molecule has 0 saturated carbocycles. The Kier molecular flexibility index (Phi) is 4.37. The molecule has 8 nitrogen and oxygen atoms in total. The van der Waals surface area contributed by atoms with Gasteiger partial charge in [0.05, 0.1) is 21.3 Å². The fourth-order valence-corrected chi connectivity index (χ4v) is 1.92. The second-order valence-corrected chi connectivity index (χ2v) is 4.86. The maximum Gasteiger partial charge on any atom is 0.332 e. The van der Waals surface area contributed by atoms with Gasteiger partial charge in [-0.15, -0.1) is 0 Å². The quantitative estimate of drug-likeness (QED) is 0.673. The third-order valence-corrected chi connectivity index (χ3v) is 3.43. The Morgan fingerprint density at radius 3 is 2.71 bits per heavy atom. The second-order valence-electron chi connectivity index (χ2n) is 4.48. The summed E-state index contributed by atoms with van der Waals surface area (Å²) in [5.41, 5.74) is 0.960. The van der Waals surface area contributed by atoms with E-state index in [-0.39, 0.29) is 11.5 Å². The predicted molar refractivity (Wildman–Crippen MR) is 79.1 cm³/mol. The third kappa shape index (κ3) is 2.94. The zero-order valence-corrected chi connectivity index (χ0v) is 12.7. The van der Waals surface area contributed by atoms with Crippen molar-refractivity contribution in [3.8, 4) is 5.82 Å². The van der Waals surface area contributed by atoms with Crippen LogP contribution in [-0.2, 0) is 0 Å². The Hall–Kier alpha value is -2.22. The molecule has 9 heteroatoms. The van der Waals surface area contributed by atoms with E-state index in [1.807, 2.05) is 6.92 Å². The number of nitrogens with one attached hydrogen (secondary N) is 1. The van der Waals surface area contributed by atoms with Crippen molar-refractivity contribution in [1.82, 2.24) is 19.7 Å². The lowest BCUT2D eigenvalue weighted by Crippen LogP contribution is -2.11. The third-order valence-electron chi connectivity index (χ3n) is 2.88. The minimum Gasteiger partial charge on any atom is -0.354 e. The highest BCUT2D eigenvalue weighted by atomic mass is 35.5. The second kappa shape index (κ2) is 6.04. The van der Waals surface area contributed by atoms with E-state index < -0.39 is 4.92 Å². The Balaban J connectivity index is 2.57. The first-order valence-corrected chi connectivity index (χ1v) is 6.80. The number of hydrogen-bond acceptors (Lipinski definition) is 6. The molecule has 0 amide bonds. The van der Waals surface area contributed by atoms with E-state index in [2.05, 4.69) is 20.4 Å². The van der Waals surface area contributed by atoms with Gasteiger partial charge < -0.3 is 5.32 Å². The van der Waals surface area contributed by atoms with Crippen molar-refractivity contribution >= 4 is 23.2 Å². The summed E-state index contributed by atoms with van der Waals surface area (Å²) in [4.78, 5) is 18.8. The number of hydrogen-bond donors (Lipinski definition) is 1. The van der Waals surface area contributed by atoms with Gasteiger partial charge in [0, 0.05) is 6.54 Å². The molecule has 0 unspecified atom stereocenters. The Morgan fingerprint density at radius 2 is 2.19 bits per heavy atom. The van der Waals surface area contributed by atoms with E-state index in [4.69, 9.17) is 11.6 Å². The van der Waals surface area contributed by atoms with Crippen LogP contribution in [0.4, 0.5) is 11.6 Å². The summed E-state index contributed by atoms with van der Waals surface area (Å²) in [5.74, 6) is 0.419. The van der Waals surface area contributed by atoms with Crippen LogP contribution in [0, 0.1) is 24.0 Å². The van der Waals surface area contributed by atoms with E-state index >= 15 is 0 Å². The molecule has 1 N–H and O–H groups in total. The Morgan fingerprint density at radius 1 is 1.48 bits per heavy atom. The zero-order chi connectivity index (χ0) is 15.6. The fraction of sp³-hybridized carbons (Fsp3) is 0.417. The summed E-state index contributed by atoms with van der Waals surface area (Å²) >= 11 is 6.09. The number of aromatic nitrogens is 4. The fourth-order valence-electron chi connectivity index (χ4n) is 1.80. The van der Waals surface area contributed by atoms with Crippen molar-refractivity contribution in [2.24, 2.45) is 0 Å². The summed E-state index contributed by atoms with van der Waals surface area (Å²) in [6, 6.07) is 0. The number of rotatable bonds is 5. The minimum atomic E-state index is -0.538. The lowest BCUT2D eigenvalue weighted by Gasteiger charge is -2.07. The van der Waals surface area contributed by atoms with Crippen LogP contribution in [0.15, 0.2) is 6.20 Å². The number of anilines is 1. The number of aryl methyl sites for hydroxylation is 1. The van der Waals surface area contributed by atoms with Crippen LogP contribution >= 0.6 is 11.6 Å². The van der Waals surface area contributed by atoms with Crippen LogP contribution in [-0.4, -0.2) is 31.2 Å². The van der Waals surface area contributed by atoms with Crippen LogP contribution in [0.3, 0.4) is 0 Å². The molecule has 2 aromatic rings. The average Bonchev–Trinajstić information content (AvgIpc) is 2.72. The maximum absolute atomic E-state index is 11.2. The first-order chi connectivity index (χ1) is 9.95. The van der Waals surface area contributed by atoms with Crippen molar-refractivity contribution in [3.63, 3.8) is 0 Å². The lowest BCUT2D eigenvalue weighted by molar-refractivity contribution is -0.385. The highest BCUT2D eigenvalue weighted by Crippen LogP contribution is 2.26. The summed E-state index contributed by atoms with van der Waals surface area (Å²) < 4.78 is 1.37. The van der Waals surface area contributed by atoms with Crippen LogP contribution < -0.4 is 5.32 Å². The number of nitro groups is 1. The van der Waals surface area contributed by atoms with Gasteiger partial charge in [-0.25, -0.2) is 9.67 Å². The van der Waals surface area contributed by atoms with E-state index in [0.717, 1.165) is 6.42 Å². The van der Waals surface area contributed by atoms with Crippen LogP contribution in [0.5, 0.6) is 0 Å². The molecule has 21 heavy (non-hydrogen) atoms. The van der Waals surface area contributed by atoms with Crippen LogP contribution in [0.1, 0.15) is 24.7 Å². The standard InChI is InChI=1S/C12H15ClN6O2/c1-4-5-14-12-15-6-9(19(20)21)11(16-12)18-8(3)10(13)7(2)17-18/h6H,4-5H2,1-3H3,(H,14,15,16). The molecule has 0 aromatic carbocycles. The maximum atomic E-state index is 11.2. The molecule has 2 rings (SSSR count). The van der Waals surface area contributed by atoms with Gasteiger partial charge >= 0.3 is 5.69 Å². The van der Waals surface area contributed by atoms with Crippen molar-refractivity contribution in [2.45, 2.75) is 27.2 Å². The van der Waals surface area contributed by atoms with E-state index in [0.29, 0.717) is 28.9 Å². The van der Waals surface area contributed by atoms with Gasteiger partial charge in [0.25, 0.3) is 0 Å². The van der Waals surface area contributed by atoms with Gasteiger partial charge in [-0.1, -0.05) is 18.5 Å². The molecule has 0 fully saturated rings. The summed E-state index contributed by atoms with van der Waals surface area (Å²) in [7, 11) is 0. The molecule has 0 radical (unpaired) electrons. The van der Waals surface area contributed by atoms with Crippen molar-refractivity contribution < 1.29 is 4.92 Å². The van der Waals surface area contributed by atoms with Gasteiger partial charge in [0.15, 0.2) is 0 Å². The lowest BCUT2D eigenvalue weighted by atomic mass is 10.4. The molecule has 2 heterocycles. The summed E-state index contributed by atoms with van der Waals surface area (Å²) in [6.45, 7) is 6.14. The monoisotopic (exact) mass is 310 g/mol. The topological polar surface area (TPSA) is 98.8 Å². The molecule has 0 saturated heterocycles. The van der Waals surface area contributed by atoms with Gasteiger partial charge in [-0.2, -0.15) is 10.1 Å². The number of halogens is 1. The van der Waals surface area contributed by atoms with Crippen molar-refractivity contribution in [2.75, 3.05) is 11.9 Å². The molecule has 0 aliphatic rings. The Labute approximate surface area is 126 Å². The molecule has 0 aliphatic carbocycles. The SMILES string of the molecule is CCCNc1ncc([N+](=O)[O-])c(-n2nc(C)c(Cl)c2C)n1. The molecular weight excluding hydrogens is 296 g/mol. The van der Waals surface area contributed by atoms with Gasteiger partial charge in [-0.05, 0) is 20.3 Å². The molecule has 0 bridgehead atoms. The normalized spacial score (nSPS) is 10.7. The van der Waals surface area contributed by atoms with Crippen LogP contribution in [0.25, 0.3) is 5.82 Å².